The van der Waals surface area contributed by atoms with Crippen LogP contribution >= 0.6 is 0 Å². The molecule has 1 aliphatic carbocycles. The largest absolute Gasteiger partial charge is 0.456 e. The predicted molar refractivity (Wildman–Crippen MR) is 120 cm³/mol. The number of benzene rings is 3. The molecule has 4 rings (SSSR count). The first-order valence-electron chi connectivity index (χ1n) is 9.78. The second kappa shape index (κ2) is 7.37. The lowest BCUT2D eigenvalue weighted by molar-refractivity contribution is 0.282. The second-order valence-corrected chi connectivity index (χ2v) is 7.95. The topological polar surface area (TPSA) is 39.6 Å². The van der Waals surface area contributed by atoms with Crippen molar-refractivity contribution >= 4 is 16.7 Å². The minimum absolute atomic E-state index is 0.00377. The third-order valence-electron chi connectivity index (χ3n) is 5.43. The number of nitrogens with zero attached hydrogens (tertiary/aromatic N) is 2. The quantitative estimate of drug-likeness (QED) is 0.425. The summed E-state index contributed by atoms with van der Waals surface area (Å²) >= 11 is 0. The third-order valence-corrected chi connectivity index (χ3v) is 5.43. The van der Waals surface area contributed by atoms with Crippen molar-refractivity contribution in [2.45, 2.75) is 13.5 Å². The molecule has 1 heterocycles. The van der Waals surface area contributed by atoms with Crippen LogP contribution in [-0.2, 0) is 6.61 Å². The van der Waals surface area contributed by atoms with Crippen LogP contribution < -0.4 is 14.8 Å². The van der Waals surface area contributed by atoms with Crippen molar-refractivity contribution in [2.24, 2.45) is 0 Å². The van der Waals surface area contributed by atoms with E-state index in [1.165, 1.54) is 0 Å². The zero-order valence-corrected chi connectivity index (χ0v) is 17.7. The molecule has 148 valence electrons. The molecule has 0 radical (unpaired) electrons. The summed E-state index contributed by atoms with van der Waals surface area (Å²) in [5, 5.41) is 12.1. The third kappa shape index (κ3) is 3.40. The van der Waals surface area contributed by atoms with Crippen molar-refractivity contribution in [2.75, 3.05) is 33.1 Å². The Morgan fingerprint density at radius 2 is 1.72 bits per heavy atom. The Balaban J connectivity index is 2.18. The van der Waals surface area contributed by atoms with E-state index in [-0.39, 0.29) is 6.61 Å². The monoisotopic (exact) mass is 387 g/mol. The van der Waals surface area contributed by atoms with Gasteiger partial charge in [-0.25, -0.2) is 4.58 Å². The van der Waals surface area contributed by atoms with Crippen LogP contribution in [0, 0.1) is 6.92 Å². The fraction of sp³-hybridized carbons (Fsp3) is 0.240. The van der Waals surface area contributed by atoms with Gasteiger partial charge in [-0.2, -0.15) is 0 Å². The molecule has 4 nitrogen and oxygen atoms in total. The molecule has 1 N–H and O–H groups in total. The van der Waals surface area contributed by atoms with Gasteiger partial charge in [0.05, 0.1) is 12.7 Å². The summed E-state index contributed by atoms with van der Waals surface area (Å²) in [7, 11) is 8.10. The van der Waals surface area contributed by atoms with Crippen LogP contribution in [0.1, 0.15) is 11.1 Å². The number of hydrogen-bond acceptors (Lipinski definition) is 3. The highest BCUT2D eigenvalue weighted by Crippen LogP contribution is 2.42. The molecule has 0 atom stereocenters. The fourth-order valence-corrected chi connectivity index (χ4v) is 3.77. The molecule has 0 aromatic heterocycles. The van der Waals surface area contributed by atoms with Crippen molar-refractivity contribution in [3.63, 3.8) is 0 Å². The van der Waals surface area contributed by atoms with E-state index >= 15 is 0 Å². The first kappa shape index (κ1) is 19.2. The van der Waals surface area contributed by atoms with E-state index in [2.05, 4.69) is 58.9 Å². The summed E-state index contributed by atoms with van der Waals surface area (Å²) in [5.74, 6) is 0.833. The molecule has 2 aliphatic rings. The van der Waals surface area contributed by atoms with E-state index in [1.54, 1.807) is 0 Å². The van der Waals surface area contributed by atoms with Crippen LogP contribution in [0.4, 0.5) is 5.69 Å². The molecule has 0 spiro atoms. The minimum Gasteiger partial charge on any atom is -0.456 e. The summed E-state index contributed by atoms with van der Waals surface area (Å²) in [4.78, 5) is 2.07. The van der Waals surface area contributed by atoms with Gasteiger partial charge in [-0.1, -0.05) is 23.8 Å². The Hall–Kier alpha value is -3.11. The molecule has 0 unspecified atom stereocenters. The highest BCUT2D eigenvalue weighted by molar-refractivity contribution is 6.03. The van der Waals surface area contributed by atoms with Crippen molar-refractivity contribution in [3.8, 4) is 22.5 Å². The van der Waals surface area contributed by atoms with Gasteiger partial charge in [-0.05, 0) is 36.2 Å². The van der Waals surface area contributed by atoms with Crippen molar-refractivity contribution in [1.29, 1.82) is 0 Å². The molecular formula is C25H27N2O2+. The molecular weight excluding hydrogens is 360 g/mol. The Bertz CT molecular complexity index is 1250. The number of fused-ring (bicyclic) bond motifs is 2. The van der Waals surface area contributed by atoms with Gasteiger partial charge >= 0.3 is 0 Å². The molecule has 2 aromatic rings. The molecule has 1 aliphatic heterocycles. The van der Waals surface area contributed by atoms with E-state index < -0.39 is 0 Å². The van der Waals surface area contributed by atoms with Crippen molar-refractivity contribution in [3.05, 3.63) is 71.1 Å². The maximum Gasteiger partial charge on any atom is 0.203 e. The van der Waals surface area contributed by atoms with Gasteiger partial charge < -0.3 is 14.4 Å². The smallest absolute Gasteiger partial charge is 0.203 e. The van der Waals surface area contributed by atoms with Gasteiger partial charge in [0, 0.05) is 48.4 Å². The zero-order chi connectivity index (χ0) is 20.7. The standard InChI is InChI=1S/C25H27N2O2/c1-16-6-7-17(15-28)22(12-16)25-20-10-8-18(26(2)3)13-23(20)29-24-14-19(27(4)5)9-11-21(24)25/h6-14,28H,15H2,1-5H3/q+1. The van der Waals surface area contributed by atoms with E-state index in [0.29, 0.717) is 0 Å². The average Bonchev–Trinajstić information content (AvgIpc) is 2.70. The Kier molecular flexibility index (Phi) is 4.89. The van der Waals surface area contributed by atoms with Crippen LogP contribution in [0.3, 0.4) is 0 Å². The Morgan fingerprint density at radius 3 is 2.41 bits per heavy atom. The molecule has 0 amide bonds. The maximum atomic E-state index is 10.0. The van der Waals surface area contributed by atoms with Crippen molar-refractivity contribution < 1.29 is 9.52 Å². The molecule has 0 fully saturated rings. The number of hydrogen-bond donors (Lipinski definition) is 1. The molecule has 29 heavy (non-hydrogen) atoms. The molecule has 0 saturated heterocycles. The van der Waals surface area contributed by atoms with E-state index in [0.717, 1.165) is 55.6 Å². The first-order valence-corrected chi connectivity index (χ1v) is 9.78. The normalized spacial score (nSPS) is 11.2. The summed E-state index contributed by atoms with van der Waals surface area (Å²) < 4.78 is 8.45. The maximum absolute atomic E-state index is 10.0. The number of aryl methyl sites for hydroxylation is 1. The summed E-state index contributed by atoms with van der Waals surface area (Å²) in [5.41, 5.74) is 7.19. The van der Waals surface area contributed by atoms with E-state index in [1.807, 2.05) is 40.3 Å². The fourth-order valence-electron chi connectivity index (χ4n) is 3.77. The van der Waals surface area contributed by atoms with Gasteiger partial charge in [0.2, 0.25) is 5.36 Å². The number of aliphatic hydroxyl groups is 1. The second-order valence-electron chi connectivity index (χ2n) is 7.95. The lowest BCUT2D eigenvalue weighted by atomic mass is 9.90. The first-order chi connectivity index (χ1) is 13.9. The highest BCUT2D eigenvalue weighted by Gasteiger charge is 2.20. The van der Waals surface area contributed by atoms with Gasteiger partial charge in [0.15, 0.2) is 0 Å². The molecule has 4 heteroatoms. The van der Waals surface area contributed by atoms with E-state index in [4.69, 9.17) is 4.42 Å². The van der Waals surface area contributed by atoms with Crippen LogP contribution in [-0.4, -0.2) is 33.3 Å². The van der Waals surface area contributed by atoms with Crippen LogP contribution in [0.2, 0.25) is 0 Å². The predicted octanol–water partition coefficient (Wildman–Crippen LogP) is 4.10. The van der Waals surface area contributed by atoms with Gasteiger partial charge in [-0.15, -0.1) is 0 Å². The summed E-state index contributed by atoms with van der Waals surface area (Å²) in [6, 6.07) is 18.8. The minimum atomic E-state index is -0.00377. The van der Waals surface area contributed by atoms with Crippen LogP contribution in [0.25, 0.3) is 33.4 Å². The van der Waals surface area contributed by atoms with Gasteiger partial charge in [0.25, 0.3) is 0 Å². The molecule has 0 bridgehead atoms. The number of aliphatic hydroxyl groups excluding tert-OH is 1. The highest BCUT2D eigenvalue weighted by atomic mass is 16.3. The molecule has 2 aromatic carbocycles. The van der Waals surface area contributed by atoms with Crippen molar-refractivity contribution in [1.82, 2.24) is 4.58 Å². The zero-order valence-electron chi connectivity index (χ0n) is 17.7. The Labute approximate surface area is 171 Å². The lowest BCUT2D eigenvalue weighted by Gasteiger charge is -2.19. The average molecular weight is 388 g/mol. The van der Waals surface area contributed by atoms with Crippen LogP contribution in [0.15, 0.2) is 59.0 Å². The Morgan fingerprint density at radius 1 is 0.931 bits per heavy atom. The number of rotatable bonds is 3. The van der Waals surface area contributed by atoms with Gasteiger partial charge in [0.1, 0.15) is 25.4 Å². The summed E-state index contributed by atoms with van der Waals surface area (Å²) in [6.45, 7) is 2.08. The SMILES string of the molecule is Cc1ccc(CO)c(-c2c3ccc(=[N+](C)C)cc-3oc3cc(N(C)C)ccc23)c1. The lowest BCUT2D eigenvalue weighted by Crippen LogP contribution is -2.21. The van der Waals surface area contributed by atoms with E-state index in [9.17, 15) is 5.11 Å². The summed E-state index contributed by atoms with van der Waals surface area (Å²) in [6.07, 6.45) is 0. The number of anilines is 1. The van der Waals surface area contributed by atoms with Crippen LogP contribution in [0.5, 0.6) is 0 Å². The molecule has 0 saturated carbocycles. The van der Waals surface area contributed by atoms with Gasteiger partial charge in [-0.3, -0.25) is 0 Å².